The molecule has 7 heteroatoms. The van der Waals surface area contributed by atoms with Gasteiger partial charge in [0.1, 0.15) is 5.82 Å². The molecule has 0 spiro atoms. The molecule has 2 aliphatic rings. The van der Waals surface area contributed by atoms with Crippen LogP contribution in [0.4, 0.5) is 5.82 Å². The van der Waals surface area contributed by atoms with Crippen molar-refractivity contribution in [1.82, 2.24) is 9.88 Å². The normalized spacial score (nSPS) is 24.8. The maximum Gasteiger partial charge on any atom is 0.228 e. The maximum atomic E-state index is 12.4. The highest BCUT2D eigenvalue weighted by Crippen LogP contribution is 2.24. The van der Waals surface area contributed by atoms with Gasteiger partial charge in [-0.25, -0.2) is 13.4 Å². The third-order valence-electron chi connectivity index (χ3n) is 5.20. The fourth-order valence-electron chi connectivity index (χ4n) is 3.84. The molecule has 138 valence electrons. The first-order valence-corrected chi connectivity index (χ1v) is 10.9. The van der Waals surface area contributed by atoms with Gasteiger partial charge in [-0.05, 0) is 69.3 Å². The first kappa shape index (κ1) is 18.3. The van der Waals surface area contributed by atoms with E-state index < -0.39 is 9.84 Å². The number of piperidine rings is 1. The molecule has 0 aliphatic carbocycles. The fourth-order valence-corrected chi connectivity index (χ4v) is 5.60. The van der Waals surface area contributed by atoms with Crippen LogP contribution in [0.3, 0.4) is 0 Å². The number of rotatable bonds is 4. The topological polar surface area (TPSA) is 79.4 Å². The van der Waals surface area contributed by atoms with Gasteiger partial charge in [0, 0.05) is 18.7 Å². The Kier molecular flexibility index (Phi) is 5.74. The van der Waals surface area contributed by atoms with E-state index in [9.17, 15) is 13.2 Å². The molecule has 2 saturated heterocycles. The molecule has 0 radical (unpaired) electrons. The molecule has 2 aliphatic heterocycles. The number of carbonyl (C=O) groups excluding carboxylic acids is 1. The number of amides is 1. The van der Waals surface area contributed by atoms with Gasteiger partial charge in [0.15, 0.2) is 9.84 Å². The van der Waals surface area contributed by atoms with E-state index >= 15 is 0 Å². The van der Waals surface area contributed by atoms with Crippen LogP contribution in [-0.2, 0) is 14.6 Å². The molecule has 25 heavy (non-hydrogen) atoms. The Morgan fingerprint density at radius 2 is 2.08 bits per heavy atom. The van der Waals surface area contributed by atoms with Crippen molar-refractivity contribution in [3.63, 3.8) is 0 Å². The van der Waals surface area contributed by atoms with Gasteiger partial charge in [-0.3, -0.25) is 4.79 Å². The molecular weight excluding hydrogens is 338 g/mol. The number of nitrogens with zero attached hydrogens (tertiary/aromatic N) is 2. The van der Waals surface area contributed by atoms with Crippen molar-refractivity contribution in [2.24, 2.45) is 11.8 Å². The van der Waals surface area contributed by atoms with E-state index in [1.54, 1.807) is 6.20 Å². The van der Waals surface area contributed by atoms with Gasteiger partial charge in [-0.1, -0.05) is 0 Å². The highest BCUT2D eigenvalue weighted by Gasteiger charge is 2.29. The lowest BCUT2D eigenvalue weighted by molar-refractivity contribution is -0.121. The number of hydrogen-bond acceptors (Lipinski definition) is 5. The number of pyridine rings is 1. The number of anilines is 1. The Morgan fingerprint density at radius 1 is 1.32 bits per heavy atom. The van der Waals surface area contributed by atoms with Crippen molar-refractivity contribution >= 4 is 21.6 Å². The molecule has 1 aromatic rings. The van der Waals surface area contributed by atoms with Gasteiger partial charge in [0.25, 0.3) is 0 Å². The van der Waals surface area contributed by atoms with E-state index in [-0.39, 0.29) is 17.7 Å². The van der Waals surface area contributed by atoms with Crippen LogP contribution in [0.2, 0.25) is 0 Å². The number of sulfone groups is 1. The van der Waals surface area contributed by atoms with Crippen LogP contribution >= 0.6 is 0 Å². The van der Waals surface area contributed by atoms with Crippen LogP contribution in [0.25, 0.3) is 0 Å². The molecule has 3 heterocycles. The van der Waals surface area contributed by atoms with Gasteiger partial charge in [-0.15, -0.1) is 0 Å². The summed E-state index contributed by atoms with van der Waals surface area (Å²) in [5.74, 6) is 1.58. The first-order chi connectivity index (χ1) is 11.9. The van der Waals surface area contributed by atoms with Crippen molar-refractivity contribution in [2.75, 3.05) is 36.5 Å². The number of aromatic nitrogens is 1. The second kappa shape index (κ2) is 7.83. The summed E-state index contributed by atoms with van der Waals surface area (Å²) in [4.78, 5) is 18.9. The first-order valence-electron chi connectivity index (χ1n) is 9.07. The molecule has 1 atom stereocenters. The van der Waals surface area contributed by atoms with Crippen molar-refractivity contribution in [3.8, 4) is 0 Å². The largest absolute Gasteiger partial charge is 0.310 e. The van der Waals surface area contributed by atoms with Gasteiger partial charge in [-0.2, -0.15) is 0 Å². The van der Waals surface area contributed by atoms with E-state index in [1.165, 1.54) is 0 Å². The van der Waals surface area contributed by atoms with Crippen LogP contribution in [-0.4, -0.2) is 55.3 Å². The number of hydrogen-bond donors (Lipinski definition) is 1. The predicted octanol–water partition coefficient (Wildman–Crippen LogP) is 1.87. The average molecular weight is 365 g/mol. The Morgan fingerprint density at radius 3 is 2.76 bits per heavy atom. The molecule has 1 N–H and O–H groups in total. The van der Waals surface area contributed by atoms with Crippen LogP contribution in [0.5, 0.6) is 0 Å². The summed E-state index contributed by atoms with van der Waals surface area (Å²) < 4.78 is 23.5. The number of aryl methyl sites for hydroxylation is 1. The van der Waals surface area contributed by atoms with Crippen molar-refractivity contribution < 1.29 is 13.2 Å². The van der Waals surface area contributed by atoms with Crippen LogP contribution in [0, 0.1) is 18.8 Å². The standard InChI is InChI=1S/C18H27N3O3S/c1-14-4-7-19-17(11-14)20-18(22)16-5-8-21(9-6-16)12-15-3-2-10-25(23,24)13-15/h4,7,11,15-16H,2-3,5-6,8-10,12-13H2,1H3,(H,19,20,22). The minimum atomic E-state index is -2.84. The fraction of sp³-hybridized carbons (Fsp3) is 0.667. The molecule has 0 saturated carbocycles. The highest BCUT2D eigenvalue weighted by molar-refractivity contribution is 7.91. The Hall–Kier alpha value is -1.47. The monoisotopic (exact) mass is 365 g/mol. The molecule has 1 amide bonds. The summed E-state index contributed by atoms with van der Waals surface area (Å²) in [6, 6.07) is 3.77. The lowest BCUT2D eigenvalue weighted by Crippen LogP contribution is -2.42. The third kappa shape index (κ3) is 5.25. The minimum absolute atomic E-state index is 0.00801. The average Bonchev–Trinajstić information content (AvgIpc) is 2.54. The third-order valence-corrected chi connectivity index (χ3v) is 7.09. The summed E-state index contributed by atoms with van der Waals surface area (Å²) in [7, 11) is -2.84. The molecular formula is C18H27N3O3S. The maximum absolute atomic E-state index is 12.4. The van der Waals surface area contributed by atoms with E-state index in [0.717, 1.165) is 50.9 Å². The number of likely N-dealkylation sites (tertiary alicyclic amines) is 1. The molecule has 0 aromatic carbocycles. The summed E-state index contributed by atoms with van der Waals surface area (Å²) in [6.45, 7) is 4.53. The Labute approximate surface area is 149 Å². The molecule has 0 bridgehead atoms. The minimum Gasteiger partial charge on any atom is -0.310 e. The zero-order valence-electron chi connectivity index (χ0n) is 14.8. The van der Waals surface area contributed by atoms with Gasteiger partial charge < -0.3 is 10.2 Å². The second-order valence-corrected chi connectivity index (χ2v) is 9.63. The van der Waals surface area contributed by atoms with Gasteiger partial charge in [0.2, 0.25) is 5.91 Å². The molecule has 6 nitrogen and oxygen atoms in total. The van der Waals surface area contributed by atoms with Crippen LogP contribution < -0.4 is 5.32 Å². The van der Waals surface area contributed by atoms with Crippen molar-refractivity contribution in [3.05, 3.63) is 23.9 Å². The Balaban J connectivity index is 1.46. The van der Waals surface area contributed by atoms with Gasteiger partial charge >= 0.3 is 0 Å². The zero-order chi connectivity index (χ0) is 17.9. The van der Waals surface area contributed by atoms with E-state index in [0.29, 0.717) is 17.3 Å². The molecule has 1 unspecified atom stereocenters. The second-order valence-electron chi connectivity index (χ2n) is 7.41. The van der Waals surface area contributed by atoms with Crippen LogP contribution in [0.1, 0.15) is 31.2 Å². The highest BCUT2D eigenvalue weighted by atomic mass is 32.2. The van der Waals surface area contributed by atoms with Crippen molar-refractivity contribution in [1.29, 1.82) is 0 Å². The van der Waals surface area contributed by atoms with Gasteiger partial charge in [0.05, 0.1) is 11.5 Å². The smallest absolute Gasteiger partial charge is 0.228 e. The summed E-state index contributed by atoms with van der Waals surface area (Å²) in [5.41, 5.74) is 1.07. The summed E-state index contributed by atoms with van der Waals surface area (Å²) in [5, 5.41) is 2.91. The lowest BCUT2D eigenvalue weighted by Gasteiger charge is -2.34. The molecule has 1 aromatic heterocycles. The zero-order valence-corrected chi connectivity index (χ0v) is 15.6. The quantitative estimate of drug-likeness (QED) is 0.881. The summed E-state index contributed by atoms with van der Waals surface area (Å²) in [6.07, 6.45) is 5.12. The van der Waals surface area contributed by atoms with Crippen LogP contribution in [0.15, 0.2) is 18.3 Å². The summed E-state index contributed by atoms with van der Waals surface area (Å²) >= 11 is 0. The van der Waals surface area contributed by atoms with Crippen molar-refractivity contribution in [2.45, 2.75) is 32.6 Å². The number of nitrogens with one attached hydrogen (secondary N) is 1. The van der Waals surface area contributed by atoms with E-state index in [4.69, 9.17) is 0 Å². The molecule has 3 rings (SSSR count). The SMILES string of the molecule is Cc1ccnc(NC(=O)C2CCN(CC3CCCS(=O)(=O)C3)CC2)c1. The Bertz CT molecular complexity index is 712. The van der Waals surface area contributed by atoms with E-state index in [2.05, 4.69) is 15.2 Å². The van der Waals surface area contributed by atoms with E-state index in [1.807, 2.05) is 19.1 Å². The number of carbonyl (C=O) groups is 1. The predicted molar refractivity (Wildman–Crippen MR) is 98.1 cm³/mol. The molecule has 2 fully saturated rings. The lowest BCUT2D eigenvalue weighted by atomic mass is 9.94.